The Morgan fingerprint density at radius 2 is 2.31 bits per heavy atom. The van der Waals surface area contributed by atoms with Gasteiger partial charge in [-0.3, -0.25) is 0 Å². The topological polar surface area (TPSA) is 37.3 Å². The fourth-order valence-electron chi connectivity index (χ4n) is 0.956. The first-order valence-electron chi connectivity index (χ1n) is 3.68. The first-order chi connectivity index (χ1) is 6.15. The third-order valence-corrected chi connectivity index (χ3v) is 2.20. The Morgan fingerprint density at radius 1 is 1.62 bits per heavy atom. The predicted octanol–water partition coefficient (Wildman–Crippen LogP) is 2.79. The van der Waals surface area contributed by atoms with Gasteiger partial charge in [0.15, 0.2) is 0 Å². The third kappa shape index (κ3) is 2.52. The minimum absolute atomic E-state index is 0.112. The summed E-state index contributed by atoms with van der Waals surface area (Å²) in [6.45, 7) is 0. The van der Waals surface area contributed by atoms with E-state index in [2.05, 4.69) is 15.9 Å². The molecular weight excluding hydrogens is 239 g/mol. The molecule has 2 nitrogen and oxygen atoms in total. The van der Waals surface area contributed by atoms with E-state index in [1.54, 1.807) is 6.07 Å². The second-order valence-electron chi connectivity index (χ2n) is 2.55. The number of hydrogen-bond acceptors (Lipinski definition) is 1. The van der Waals surface area contributed by atoms with Crippen LogP contribution in [0.1, 0.15) is 22.1 Å². The third-order valence-electron chi connectivity index (χ3n) is 1.63. The zero-order valence-electron chi connectivity index (χ0n) is 6.71. The zero-order valence-corrected chi connectivity index (χ0v) is 8.29. The van der Waals surface area contributed by atoms with Gasteiger partial charge in [0.2, 0.25) is 0 Å². The molecule has 0 amide bonds. The maximum Gasteiger partial charge on any atom is 0.335 e. The summed E-state index contributed by atoms with van der Waals surface area (Å²) in [5, 5.41) is 8.81. The molecule has 0 radical (unpaired) electrons. The number of aromatic carboxylic acids is 1. The Bertz CT molecular complexity index is 314. The van der Waals surface area contributed by atoms with Crippen molar-refractivity contribution in [3.8, 4) is 0 Å². The number of carbonyl (C=O) groups is 1. The van der Waals surface area contributed by atoms with Crippen LogP contribution in [-0.4, -0.2) is 16.4 Å². The molecule has 0 aliphatic carbocycles. The largest absolute Gasteiger partial charge is 0.478 e. The van der Waals surface area contributed by atoms with Crippen LogP contribution in [0, 0.1) is 0 Å². The van der Waals surface area contributed by atoms with Crippen LogP contribution >= 0.6 is 15.9 Å². The van der Waals surface area contributed by atoms with Gasteiger partial charge in [0, 0.05) is 5.33 Å². The summed E-state index contributed by atoms with van der Waals surface area (Å²) in [7, 11) is 0. The second-order valence-corrected chi connectivity index (χ2v) is 3.20. The molecule has 1 N–H and O–H groups in total. The summed E-state index contributed by atoms with van der Waals surface area (Å²) < 4.78 is 13.1. The standard InChI is InChI=1S/C9H8BrFO2/c10-5-8(11)6-2-1-3-7(4-6)9(12)13/h1-4,8H,5H2,(H,12,13). The molecule has 1 aromatic rings. The molecule has 70 valence electrons. The Balaban J connectivity index is 2.98. The number of halogens is 2. The molecular formula is C9H8BrFO2. The summed E-state index contributed by atoms with van der Waals surface area (Å²) >= 11 is 2.99. The van der Waals surface area contributed by atoms with E-state index >= 15 is 0 Å². The van der Waals surface area contributed by atoms with E-state index in [1.807, 2.05) is 0 Å². The highest BCUT2D eigenvalue weighted by atomic mass is 79.9. The quantitative estimate of drug-likeness (QED) is 0.834. The Labute approximate surface area is 83.5 Å². The number of hydrogen-bond donors (Lipinski definition) is 1. The van der Waals surface area contributed by atoms with Crippen LogP contribution in [0.2, 0.25) is 0 Å². The average Bonchev–Trinajstić information content (AvgIpc) is 2.17. The van der Waals surface area contributed by atoms with Gasteiger partial charge in [-0.25, -0.2) is 9.18 Å². The smallest absolute Gasteiger partial charge is 0.335 e. The molecule has 0 aliphatic heterocycles. The van der Waals surface area contributed by atoms with E-state index in [4.69, 9.17) is 5.11 Å². The van der Waals surface area contributed by atoms with Crippen LogP contribution in [0.4, 0.5) is 4.39 Å². The van der Waals surface area contributed by atoms with Crippen molar-refractivity contribution in [3.05, 3.63) is 35.4 Å². The second kappa shape index (κ2) is 4.37. The molecule has 0 saturated heterocycles. The molecule has 0 aromatic heterocycles. The van der Waals surface area contributed by atoms with E-state index in [1.165, 1.54) is 18.2 Å². The monoisotopic (exact) mass is 246 g/mol. The molecule has 0 saturated carbocycles. The van der Waals surface area contributed by atoms with Gasteiger partial charge in [0.25, 0.3) is 0 Å². The molecule has 1 unspecified atom stereocenters. The number of carboxylic acid groups (broad SMARTS) is 1. The first kappa shape index (κ1) is 10.2. The lowest BCUT2D eigenvalue weighted by Gasteiger charge is -2.04. The van der Waals surface area contributed by atoms with Crippen LogP contribution in [0.5, 0.6) is 0 Å². The first-order valence-corrected chi connectivity index (χ1v) is 4.80. The molecule has 1 atom stereocenters. The number of alkyl halides is 2. The minimum atomic E-state index is -1.15. The normalized spacial score (nSPS) is 12.5. The minimum Gasteiger partial charge on any atom is -0.478 e. The fourth-order valence-corrected chi connectivity index (χ4v) is 1.33. The predicted molar refractivity (Wildman–Crippen MR) is 51.0 cm³/mol. The van der Waals surface area contributed by atoms with Crippen molar-refractivity contribution in [1.82, 2.24) is 0 Å². The maximum absolute atomic E-state index is 13.1. The highest BCUT2D eigenvalue weighted by Gasteiger charge is 2.10. The number of benzene rings is 1. The molecule has 13 heavy (non-hydrogen) atoms. The molecule has 0 heterocycles. The van der Waals surface area contributed by atoms with Gasteiger partial charge in [0.05, 0.1) is 5.56 Å². The fraction of sp³-hybridized carbons (Fsp3) is 0.222. The van der Waals surface area contributed by atoms with Crippen molar-refractivity contribution in [3.63, 3.8) is 0 Å². The SMILES string of the molecule is O=C(O)c1cccc(C(F)CBr)c1. The molecule has 0 spiro atoms. The van der Waals surface area contributed by atoms with Gasteiger partial charge < -0.3 is 5.11 Å². The molecule has 1 aromatic carbocycles. The van der Waals surface area contributed by atoms with E-state index in [9.17, 15) is 9.18 Å². The van der Waals surface area contributed by atoms with Gasteiger partial charge in [-0.2, -0.15) is 0 Å². The highest BCUT2D eigenvalue weighted by Crippen LogP contribution is 2.20. The van der Waals surface area contributed by atoms with E-state index in [-0.39, 0.29) is 10.9 Å². The van der Waals surface area contributed by atoms with Gasteiger partial charge in [-0.15, -0.1) is 0 Å². The van der Waals surface area contributed by atoms with Crippen LogP contribution in [0.25, 0.3) is 0 Å². The Morgan fingerprint density at radius 3 is 2.85 bits per heavy atom. The molecule has 0 bridgehead atoms. The summed E-state index contributed by atoms with van der Waals surface area (Å²) in [5.74, 6) is -1.04. The van der Waals surface area contributed by atoms with Crippen molar-refractivity contribution in [2.24, 2.45) is 0 Å². The van der Waals surface area contributed by atoms with Crippen LogP contribution in [0.3, 0.4) is 0 Å². The van der Waals surface area contributed by atoms with Crippen molar-refractivity contribution < 1.29 is 14.3 Å². The number of carboxylic acids is 1. The summed E-state index contributed by atoms with van der Waals surface area (Å²) in [5.41, 5.74) is 0.498. The van der Waals surface area contributed by atoms with E-state index in [0.29, 0.717) is 5.56 Å². The molecule has 0 fully saturated rings. The van der Waals surface area contributed by atoms with Gasteiger partial charge in [0.1, 0.15) is 6.17 Å². The zero-order chi connectivity index (χ0) is 9.84. The van der Waals surface area contributed by atoms with Crippen molar-refractivity contribution in [2.45, 2.75) is 6.17 Å². The van der Waals surface area contributed by atoms with Crippen molar-refractivity contribution >= 4 is 21.9 Å². The molecule has 0 aliphatic rings. The Hall–Kier alpha value is -0.900. The lowest BCUT2D eigenvalue weighted by Crippen LogP contribution is -1.99. The molecule has 1 rings (SSSR count). The van der Waals surface area contributed by atoms with Gasteiger partial charge in [-0.05, 0) is 17.7 Å². The van der Waals surface area contributed by atoms with E-state index < -0.39 is 12.1 Å². The summed E-state index contributed by atoms with van der Waals surface area (Å²) in [6, 6.07) is 5.88. The summed E-state index contributed by atoms with van der Waals surface area (Å²) in [6.07, 6.45) is -1.15. The Kier molecular flexibility index (Phi) is 3.42. The van der Waals surface area contributed by atoms with Gasteiger partial charge in [-0.1, -0.05) is 28.1 Å². The summed E-state index contributed by atoms with van der Waals surface area (Å²) in [4.78, 5) is 10.5. The van der Waals surface area contributed by atoms with Crippen LogP contribution in [0.15, 0.2) is 24.3 Å². The maximum atomic E-state index is 13.1. The number of rotatable bonds is 3. The van der Waals surface area contributed by atoms with E-state index in [0.717, 1.165) is 0 Å². The average molecular weight is 247 g/mol. The van der Waals surface area contributed by atoms with Crippen molar-refractivity contribution in [1.29, 1.82) is 0 Å². The van der Waals surface area contributed by atoms with Crippen LogP contribution < -0.4 is 0 Å². The van der Waals surface area contributed by atoms with Gasteiger partial charge >= 0.3 is 5.97 Å². The highest BCUT2D eigenvalue weighted by molar-refractivity contribution is 9.09. The van der Waals surface area contributed by atoms with Crippen molar-refractivity contribution in [2.75, 3.05) is 5.33 Å². The molecule has 4 heteroatoms. The van der Waals surface area contributed by atoms with Crippen LogP contribution in [-0.2, 0) is 0 Å². The lowest BCUT2D eigenvalue weighted by molar-refractivity contribution is 0.0696. The lowest BCUT2D eigenvalue weighted by atomic mass is 10.1.